The Morgan fingerprint density at radius 1 is 1.30 bits per heavy atom. The number of methoxy groups -OCH3 is 1. The zero-order valence-electron chi connectivity index (χ0n) is 10.5. The first-order valence-corrected chi connectivity index (χ1v) is 6.07. The number of carbonyl (C=O) groups excluding carboxylic acids is 2. The molecule has 1 aromatic carbocycles. The largest absolute Gasteiger partial charge is 0.465 e. The van der Waals surface area contributed by atoms with Gasteiger partial charge in [-0.1, -0.05) is 15.9 Å². The lowest BCUT2D eigenvalue weighted by atomic mass is 10.0. The Labute approximate surface area is 121 Å². The van der Waals surface area contributed by atoms with Crippen LogP contribution in [0.15, 0.2) is 16.6 Å². The summed E-state index contributed by atoms with van der Waals surface area (Å²) in [6, 6.07) is 1.99. The number of alkyl halides is 3. The molecule has 0 bridgehead atoms. The second-order valence-electron chi connectivity index (χ2n) is 3.75. The molecule has 8 heteroatoms. The Balaban J connectivity index is 3.45. The van der Waals surface area contributed by atoms with Gasteiger partial charge in [0.15, 0.2) is 0 Å². The first-order chi connectivity index (χ1) is 9.16. The maximum atomic E-state index is 13.0. The Bertz CT molecular complexity index is 540. The quantitative estimate of drug-likeness (QED) is 0.781. The van der Waals surface area contributed by atoms with Gasteiger partial charge >= 0.3 is 18.1 Å². The van der Waals surface area contributed by atoms with E-state index in [0.29, 0.717) is 0 Å². The van der Waals surface area contributed by atoms with Crippen LogP contribution in [-0.2, 0) is 27.1 Å². The zero-order valence-corrected chi connectivity index (χ0v) is 12.1. The van der Waals surface area contributed by atoms with Gasteiger partial charge in [0.2, 0.25) is 0 Å². The lowest BCUT2D eigenvalue weighted by molar-refractivity contribution is -0.145. The maximum Gasteiger partial charge on any atom is 0.416 e. The molecule has 20 heavy (non-hydrogen) atoms. The van der Waals surface area contributed by atoms with Crippen molar-refractivity contribution in [2.24, 2.45) is 0 Å². The van der Waals surface area contributed by atoms with E-state index in [9.17, 15) is 22.8 Å². The highest BCUT2D eigenvalue weighted by Gasteiger charge is 2.36. The Hall–Kier alpha value is -1.57. The molecule has 0 aromatic heterocycles. The van der Waals surface area contributed by atoms with Crippen LogP contribution < -0.4 is 0 Å². The molecule has 0 N–H and O–H groups in total. The van der Waals surface area contributed by atoms with E-state index < -0.39 is 35.8 Å². The second-order valence-corrected chi connectivity index (χ2v) is 4.66. The van der Waals surface area contributed by atoms with Crippen molar-refractivity contribution in [1.82, 2.24) is 0 Å². The number of rotatable bonds is 3. The summed E-state index contributed by atoms with van der Waals surface area (Å²) in [5, 5.41) is 0. The highest BCUT2D eigenvalue weighted by Crippen LogP contribution is 2.36. The van der Waals surface area contributed by atoms with Gasteiger partial charge in [0.05, 0.1) is 18.2 Å². The molecule has 0 spiro atoms. The van der Waals surface area contributed by atoms with E-state index >= 15 is 0 Å². The fraction of sp³-hybridized carbons (Fsp3) is 0.333. The molecule has 0 saturated carbocycles. The normalized spacial score (nSPS) is 11.1. The summed E-state index contributed by atoms with van der Waals surface area (Å²) < 4.78 is 48.0. The zero-order chi connectivity index (χ0) is 15.5. The van der Waals surface area contributed by atoms with Crippen molar-refractivity contribution in [3.05, 3.63) is 33.3 Å². The van der Waals surface area contributed by atoms with E-state index in [2.05, 4.69) is 25.4 Å². The van der Waals surface area contributed by atoms with Gasteiger partial charge in [-0.3, -0.25) is 4.79 Å². The Morgan fingerprint density at radius 2 is 1.90 bits per heavy atom. The summed E-state index contributed by atoms with van der Waals surface area (Å²) in [6.07, 6.45) is -4.69. The summed E-state index contributed by atoms with van der Waals surface area (Å²) in [7, 11) is 1.05. The minimum Gasteiger partial charge on any atom is -0.465 e. The summed E-state index contributed by atoms with van der Waals surface area (Å²) in [4.78, 5) is 22.3. The maximum absolute atomic E-state index is 13.0. The van der Waals surface area contributed by atoms with Crippen LogP contribution in [0, 0.1) is 0 Å². The molecule has 1 rings (SSSR count). The van der Waals surface area contributed by atoms with Crippen molar-refractivity contribution < 1.29 is 32.2 Å². The van der Waals surface area contributed by atoms with Gasteiger partial charge in [0.1, 0.15) is 6.61 Å². The van der Waals surface area contributed by atoms with Gasteiger partial charge < -0.3 is 9.47 Å². The number of esters is 2. The topological polar surface area (TPSA) is 52.6 Å². The van der Waals surface area contributed by atoms with Crippen molar-refractivity contribution in [3.63, 3.8) is 0 Å². The number of ether oxygens (including phenoxy) is 2. The van der Waals surface area contributed by atoms with E-state index in [4.69, 9.17) is 0 Å². The summed E-state index contributed by atoms with van der Waals surface area (Å²) in [5.41, 5.74) is -1.81. The van der Waals surface area contributed by atoms with Gasteiger partial charge in [0, 0.05) is 17.0 Å². The van der Waals surface area contributed by atoms with Gasteiger partial charge in [-0.15, -0.1) is 0 Å². The molecule has 0 aliphatic rings. The van der Waals surface area contributed by atoms with E-state index in [0.717, 1.165) is 20.1 Å². The standard InChI is InChI=1S/C12H10BrF3O4/c1-6(17)20-5-9-8(11(18)19-2)3-7(13)4-10(9)12(14,15)16/h3-4H,5H2,1-2H3. The predicted octanol–water partition coefficient (Wildman–Crippen LogP) is 3.32. The van der Waals surface area contributed by atoms with Crippen LogP contribution in [0.4, 0.5) is 13.2 Å². The molecule has 0 aliphatic carbocycles. The molecule has 0 amide bonds. The van der Waals surface area contributed by atoms with Crippen LogP contribution in [0.25, 0.3) is 0 Å². The highest BCUT2D eigenvalue weighted by molar-refractivity contribution is 9.10. The molecule has 0 radical (unpaired) electrons. The molecule has 4 nitrogen and oxygen atoms in total. The van der Waals surface area contributed by atoms with Crippen molar-refractivity contribution in [3.8, 4) is 0 Å². The van der Waals surface area contributed by atoms with E-state index in [1.165, 1.54) is 6.07 Å². The molecule has 0 atom stereocenters. The Morgan fingerprint density at radius 3 is 2.35 bits per heavy atom. The fourth-order valence-corrected chi connectivity index (χ4v) is 1.97. The molecule has 0 unspecified atom stereocenters. The van der Waals surface area contributed by atoms with Crippen molar-refractivity contribution >= 4 is 27.9 Å². The van der Waals surface area contributed by atoms with Gasteiger partial charge in [-0.2, -0.15) is 13.2 Å². The van der Waals surface area contributed by atoms with Gasteiger partial charge in [0.25, 0.3) is 0 Å². The van der Waals surface area contributed by atoms with Crippen molar-refractivity contribution in [2.75, 3.05) is 7.11 Å². The average Bonchev–Trinajstić information content (AvgIpc) is 2.34. The van der Waals surface area contributed by atoms with Crippen LogP contribution >= 0.6 is 15.9 Å². The third-order valence-electron chi connectivity index (χ3n) is 2.35. The lowest BCUT2D eigenvalue weighted by Gasteiger charge is -2.16. The minimum absolute atomic E-state index is 0.0665. The van der Waals surface area contributed by atoms with Crippen LogP contribution in [0.5, 0.6) is 0 Å². The summed E-state index contributed by atoms with van der Waals surface area (Å²) in [6.45, 7) is 0.395. The first kappa shape index (κ1) is 16.5. The second kappa shape index (κ2) is 6.25. The molecule has 0 heterocycles. The number of benzene rings is 1. The van der Waals surface area contributed by atoms with Crippen LogP contribution in [0.2, 0.25) is 0 Å². The third-order valence-corrected chi connectivity index (χ3v) is 2.80. The lowest BCUT2D eigenvalue weighted by Crippen LogP contribution is -2.16. The average molecular weight is 355 g/mol. The van der Waals surface area contributed by atoms with Crippen molar-refractivity contribution in [1.29, 1.82) is 0 Å². The molecular formula is C12H10BrF3O4. The highest BCUT2D eigenvalue weighted by atomic mass is 79.9. The first-order valence-electron chi connectivity index (χ1n) is 5.28. The van der Waals surface area contributed by atoms with Crippen LogP contribution in [0.1, 0.15) is 28.4 Å². The molecule has 0 fully saturated rings. The number of hydrogen-bond acceptors (Lipinski definition) is 4. The molecule has 0 aliphatic heterocycles. The fourth-order valence-electron chi connectivity index (χ4n) is 1.51. The van der Waals surface area contributed by atoms with E-state index in [1.54, 1.807) is 0 Å². The number of hydrogen-bond donors (Lipinski definition) is 0. The van der Waals surface area contributed by atoms with Crippen LogP contribution in [-0.4, -0.2) is 19.0 Å². The SMILES string of the molecule is COC(=O)c1cc(Br)cc(C(F)(F)F)c1COC(C)=O. The van der Waals surface area contributed by atoms with E-state index in [1.807, 2.05) is 0 Å². The minimum atomic E-state index is -4.69. The smallest absolute Gasteiger partial charge is 0.416 e. The summed E-state index contributed by atoms with van der Waals surface area (Å²) >= 11 is 2.90. The van der Waals surface area contributed by atoms with Crippen molar-refractivity contribution in [2.45, 2.75) is 19.7 Å². The third kappa shape index (κ3) is 3.96. The molecule has 0 saturated heterocycles. The molecule has 1 aromatic rings. The van der Waals surface area contributed by atoms with Crippen LogP contribution in [0.3, 0.4) is 0 Å². The molecular weight excluding hydrogens is 345 g/mol. The number of carbonyl (C=O) groups is 2. The van der Waals surface area contributed by atoms with Gasteiger partial charge in [-0.05, 0) is 12.1 Å². The van der Waals surface area contributed by atoms with E-state index in [-0.39, 0.29) is 10.0 Å². The summed E-state index contributed by atoms with van der Waals surface area (Å²) in [5.74, 6) is -1.70. The monoisotopic (exact) mass is 354 g/mol. The predicted molar refractivity (Wildman–Crippen MR) is 66.0 cm³/mol. The number of halogens is 4. The molecule has 110 valence electrons. The van der Waals surface area contributed by atoms with Gasteiger partial charge in [-0.25, -0.2) is 4.79 Å². The Kier molecular flexibility index (Phi) is 5.15.